The molecule has 0 N–H and O–H groups in total. The van der Waals surface area contributed by atoms with E-state index in [1.165, 1.54) is 0 Å². The van der Waals surface area contributed by atoms with Gasteiger partial charge >= 0.3 is 0 Å². The molecule has 4 rings (SSSR count). The number of ether oxygens (including phenoxy) is 1. The summed E-state index contributed by atoms with van der Waals surface area (Å²) in [6.45, 7) is 0.886. The smallest absolute Gasteiger partial charge is 0.261 e. The lowest BCUT2D eigenvalue weighted by molar-refractivity contribution is -0.132. The molecule has 1 aliphatic heterocycles. The van der Waals surface area contributed by atoms with Gasteiger partial charge in [0, 0.05) is 30.0 Å². The third-order valence-electron chi connectivity index (χ3n) is 5.26. The summed E-state index contributed by atoms with van der Waals surface area (Å²) < 4.78 is 5.43. The summed E-state index contributed by atoms with van der Waals surface area (Å²) in [5.41, 5.74) is 1.68. The highest BCUT2D eigenvalue weighted by Crippen LogP contribution is 2.24. The van der Waals surface area contributed by atoms with E-state index in [0.29, 0.717) is 30.0 Å². The largest absolute Gasteiger partial charge is 0.496 e. The molecular weight excluding hydrogens is 412 g/mol. The number of benzene rings is 2. The average molecular weight is 435 g/mol. The highest BCUT2D eigenvalue weighted by molar-refractivity contribution is 7.09. The fourth-order valence-corrected chi connectivity index (χ4v) is 4.39. The van der Waals surface area contributed by atoms with Gasteiger partial charge in [0.25, 0.3) is 11.8 Å². The third kappa shape index (κ3) is 4.36. The van der Waals surface area contributed by atoms with Crippen LogP contribution in [0, 0.1) is 0 Å². The van der Waals surface area contributed by atoms with Crippen molar-refractivity contribution in [3.05, 3.63) is 87.6 Å². The van der Waals surface area contributed by atoms with Crippen LogP contribution >= 0.6 is 11.3 Å². The van der Waals surface area contributed by atoms with Gasteiger partial charge in [0.15, 0.2) is 0 Å². The molecule has 1 aromatic heterocycles. The van der Waals surface area contributed by atoms with E-state index >= 15 is 0 Å². The van der Waals surface area contributed by atoms with Crippen LogP contribution in [0.15, 0.2) is 66.0 Å². The average Bonchev–Trinajstić information content (AvgIpc) is 3.39. The molecule has 0 spiro atoms. The highest BCUT2D eigenvalue weighted by atomic mass is 32.1. The van der Waals surface area contributed by atoms with Crippen LogP contribution in [0.25, 0.3) is 0 Å². The molecule has 158 valence electrons. The van der Waals surface area contributed by atoms with E-state index in [2.05, 4.69) is 0 Å². The van der Waals surface area contributed by atoms with Gasteiger partial charge in [-0.05, 0) is 29.6 Å². The number of carbonyl (C=O) groups is 3. The Morgan fingerprint density at radius 1 is 0.935 bits per heavy atom. The number of hydrogen-bond acceptors (Lipinski definition) is 5. The van der Waals surface area contributed by atoms with Crippen molar-refractivity contribution < 1.29 is 19.1 Å². The van der Waals surface area contributed by atoms with Gasteiger partial charge in [-0.25, -0.2) is 0 Å². The van der Waals surface area contributed by atoms with Crippen LogP contribution in [0.1, 0.15) is 37.6 Å². The maximum atomic E-state index is 13.2. The number of amides is 3. The van der Waals surface area contributed by atoms with Crippen molar-refractivity contribution in [2.24, 2.45) is 0 Å². The summed E-state index contributed by atoms with van der Waals surface area (Å²) in [4.78, 5) is 42.3. The van der Waals surface area contributed by atoms with Crippen molar-refractivity contribution in [3.63, 3.8) is 0 Å². The lowest BCUT2D eigenvalue weighted by Crippen LogP contribution is -2.36. The van der Waals surface area contributed by atoms with Crippen LogP contribution in [0.3, 0.4) is 0 Å². The van der Waals surface area contributed by atoms with Gasteiger partial charge in [0.1, 0.15) is 5.75 Å². The molecule has 0 aliphatic carbocycles. The maximum absolute atomic E-state index is 13.2. The molecule has 0 fully saturated rings. The molecule has 0 atom stereocenters. The Labute approximate surface area is 184 Å². The van der Waals surface area contributed by atoms with Crippen LogP contribution in [0.2, 0.25) is 0 Å². The molecule has 0 bridgehead atoms. The van der Waals surface area contributed by atoms with E-state index in [0.717, 1.165) is 15.3 Å². The van der Waals surface area contributed by atoms with E-state index < -0.39 is 0 Å². The fourth-order valence-electron chi connectivity index (χ4n) is 3.67. The Morgan fingerprint density at radius 3 is 2.26 bits per heavy atom. The van der Waals surface area contributed by atoms with E-state index in [1.807, 2.05) is 41.8 Å². The van der Waals surface area contributed by atoms with E-state index in [9.17, 15) is 14.4 Å². The maximum Gasteiger partial charge on any atom is 0.261 e. The minimum atomic E-state index is -0.345. The summed E-state index contributed by atoms with van der Waals surface area (Å²) >= 11 is 1.58. The molecule has 0 saturated carbocycles. The second-order valence-electron chi connectivity index (χ2n) is 7.20. The fraction of sp³-hybridized carbons (Fsp3) is 0.208. The Hall–Kier alpha value is -3.45. The van der Waals surface area contributed by atoms with Gasteiger partial charge < -0.3 is 9.64 Å². The zero-order chi connectivity index (χ0) is 21.8. The number of imide groups is 1. The molecule has 31 heavy (non-hydrogen) atoms. The Morgan fingerprint density at radius 2 is 1.61 bits per heavy atom. The standard InChI is InChI=1S/C24H22N2O4S/c1-30-21-11-5-2-7-17(21)15-25(16-18-8-6-14-31-18)22(27)12-13-26-23(28)19-9-3-4-10-20(19)24(26)29/h2-11,14H,12-13,15-16H2,1H3. The van der Waals surface area contributed by atoms with Crippen molar-refractivity contribution in [1.29, 1.82) is 0 Å². The topological polar surface area (TPSA) is 66.9 Å². The normalized spacial score (nSPS) is 12.7. The first-order valence-electron chi connectivity index (χ1n) is 9.95. The van der Waals surface area contributed by atoms with E-state index in [1.54, 1.807) is 47.6 Å². The second-order valence-corrected chi connectivity index (χ2v) is 8.23. The van der Waals surface area contributed by atoms with Gasteiger partial charge in [-0.3, -0.25) is 19.3 Å². The minimum Gasteiger partial charge on any atom is -0.496 e. The molecule has 0 radical (unpaired) electrons. The first-order valence-corrected chi connectivity index (χ1v) is 10.8. The predicted octanol–water partition coefficient (Wildman–Crippen LogP) is 3.97. The van der Waals surface area contributed by atoms with Crippen LogP contribution in [0.5, 0.6) is 5.75 Å². The zero-order valence-electron chi connectivity index (χ0n) is 17.1. The lowest BCUT2D eigenvalue weighted by Gasteiger charge is -2.24. The molecule has 2 heterocycles. The van der Waals surface area contributed by atoms with E-state index in [4.69, 9.17) is 4.74 Å². The van der Waals surface area contributed by atoms with Crippen molar-refractivity contribution >= 4 is 29.1 Å². The number of carbonyl (C=O) groups excluding carboxylic acids is 3. The zero-order valence-corrected chi connectivity index (χ0v) is 17.9. The molecule has 1 aliphatic rings. The predicted molar refractivity (Wildman–Crippen MR) is 118 cm³/mol. The molecule has 2 aromatic carbocycles. The summed E-state index contributed by atoms with van der Waals surface area (Å²) in [6.07, 6.45) is 0.0615. The first kappa shape index (κ1) is 20.8. The third-order valence-corrected chi connectivity index (χ3v) is 6.12. The van der Waals surface area contributed by atoms with Crippen molar-refractivity contribution in [2.75, 3.05) is 13.7 Å². The molecule has 3 aromatic rings. The van der Waals surface area contributed by atoms with Crippen LogP contribution in [-0.4, -0.2) is 41.2 Å². The number of fused-ring (bicyclic) bond motifs is 1. The monoisotopic (exact) mass is 434 g/mol. The number of rotatable bonds is 8. The molecule has 0 saturated heterocycles. The molecular formula is C24H22N2O4S. The number of nitrogens with zero attached hydrogens (tertiary/aromatic N) is 2. The Bertz CT molecular complexity index is 1080. The van der Waals surface area contributed by atoms with Crippen LogP contribution in [-0.2, 0) is 17.9 Å². The van der Waals surface area contributed by atoms with Gasteiger partial charge in [0.2, 0.25) is 5.91 Å². The number of methoxy groups -OCH3 is 1. The first-order chi connectivity index (χ1) is 15.1. The summed E-state index contributed by atoms with van der Waals surface area (Å²) in [7, 11) is 1.60. The Kier molecular flexibility index (Phi) is 6.13. The van der Waals surface area contributed by atoms with Crippen LogP contribution in [0.4, 0.5) is 0 Å². The van der Waals surface area contributed by atoms with Gasteiger partial charge in [-0.15, -0.1) is 11.3 Å². The summed E-state index contributed by atoms with van der Waals surface area (Å²) in [5, 5.41) is 1.97. The number of para-hydroxylation sites is 1. The summed E-state index contributed by atoms with van der Waals surface area (Å²) in [5.74, 6) is -0.103. The van der Waals surface area contributed by atoms with Gasteiger partial charge in [-0.2, -0.15) is 0 Å². The van der Waals surface area contributed by atoms with Gasteiger partial charge in [0.05, 0.1) is 24.8 Å². The SMILES string of the molecule is COc1ccccc1CN(Cc1cccs1)C(=O)CCN1C(=O)c2ccccc2C1=O. The second kappa shape index (κ2) is 9.14. The highest BCUT2D eigenvalue weighted by Gasteiger charge is 2.35. The van der Waals surface area contributed by atoms with Crippen molar-refractivity contribution in [2.45, 2.75) is 19.5 Å². The lowest BCUT2D eigenvalue weighted by atomic mass is 10.1. The molecule has 6 nitrogen and oxygen atoms in total. The van der Waals surface area contributed by atoms with E-state index in [-0.39, 0.29) is 30.7 Å². The molecule has 3 amide bonds. The number of hydrogen-bond donors (Lipinski definition) is 0. The minimum absolute atomic E-state index is 0.0536. The quantitative estimate of drug-likeness (QED) is 0.503. The molecule has 0 unspecified atom stereocenters. The summed E-state index contributed by atoms with van der Waals surface area (Å²) in [6, 6.07) is 18.3. The van der Waals surface area contributed by atoms with Crippen LogP contribution < -0.4 is 4.74 Å². The van der Waals surface area contributed by atoms with Crippen molar-refractivity contribution in [1.82, 2.24) is 9.80 Å². The number of thiophene rings is 1. The molecule has 7 heteroatoms. The van der Waals surface area contributed by atoms with Gasteiger partial charge in [-0.1, -0.05) is 36.4 Å². The Balaban J connectivity index is 1.48. The van der Waals surface area contributed by atoms with Crippen molar-refractivity contribution in [3.8, 4) is 5.75 Å².